The summed E-state index contributed by atoms with van der Waals surface area (Å²) in [6.45, 7) is 4.75. The summed E-state index contributed by atoms with van der Waals surface area (Å²) in [5, 5.41) is 5.71. The fraction of sp³-hybridized carbons (Fsp3) is 0.579. The zero-order valence-electron chi connectivity index (χ0n) is 15.1. The summed E-state index contributed by atoms with van der Waals surface area (Å²) in [5.74, 6) is -0.296. The Balaban J connectivity index is 1.41. The molecule has 7 nitrogen and oxygen atoms in total. The van der Waals surface area contributed by atoms with Gasteiger partial charge in [0.1, 0.15) is 0 Å². The molecule has 0 aliphatic carbocycles. The molecule has 2 amide bonds. The van der Waals surface area contributed by atoms with Gasteiger partial charge in [0, 0.05) is 31.7 Å². The van der Waals surface area contributed by atoms with Gasteiger partial charge in [-0.2, -0.15) is 0 Å². The van der Waals surface area contributed by atoms with Crippen LogP contribution in [0.2, 0.25) is 0 Å². The Morgan fingerprint density at radius 1 is 1.27 bits per heavy atom. The maximum atomic E-state index is 12.0. The van der Waals surface area contributed by atoms with Gasteiger partial charge < -0.3 is 20.1 Å². The molecule has 1 aromatic rings. The maximum Gasteiger partial charge on any atom is 0.315 e. The Hall–Kier alpha value is -2.12. The number of morpholine rings is 1. The normalized spacial score (nSPS) is 25.3. The van der Waals surface area contributed by atoms with Crippen molar-refractivity contribution in [3.05, 3.63) is 35.9 Å². The molecular formula is C19H27N3O4. The van der Waals surface area contributed by atoms with Crippen molar-refractivity contribution in [2.24, 2.45) is 0 Å². The van der Waals surface area contributed by atoms with Crippen molar-refractivity contribution in [2.45, 2.75) is 38.0 Å². The Morgan fingerprint density at radius 2 is 2.08 bits per heavy atom. The predicted octanol–water partition coefficient (Wildman–Crippen LogP) is 1.45. The zero-order valence-corrected chi connectivity index (χ0v) is 15.1. The van der Waals surface area contributed by atoms with Crippen LogP contribution in [0.25, 0.3) is 0 Å². The van der Waals surface area contributed by atoms with E-state index in [-0.39, 0.29) is 37.1 Å². The molecule has 0 bridgehead atoms. The van der Waals surface area contributed by atoms with Crippen LogP contribution >= 0.6 is 0 Å². The first-order valence-corrected chi connectivity index (χ1v) is 9.26. The quantitative estimate of drug-likeness (QED) is 0.750. The number of hydrogen-bond acceptors (Lipinski definition) is 5. The summed E-state index contributed by atoms with van der Waals surface area (Å²) in [7, 11) is 0. The van der Waals surface area contributed by atoms with E-state index in [9.17, 15) is 9.59 Å². The van der Waals surface area contributed by atoms with Crippen molar-refractivity contribution in [1.29, 1.82) is 0 Å². The summed E-state index contributed by atoms with van der Waals surface area (Å²) < 4.78 is 10.9. The van der Waals surface area contributed by atoms with Gasteiger partial charge in [-0.05, 0) is 18.9 Å². The van der Waals surface area contributed by atoms with Crippen LogP contribution in [0.1, 0.15) is 31.4 Å². The Labute approximate surface area is 154 Å². The number of urea groups is 1. The van der Waals surface area contributed by atoms with E-state index < -0.39 is 0 Å². The second-order valence-corrected chi connectivity index (χ2v) is 6.73. The fourth-order valence-electron chi connectivity index (χ4n) is 3.60. The minimum atomic E-state index is -0.296. The smallest absolute Gasteiger partial charge is 0.315 e. The topological polar surface area (TPSA) is 79.9 Å². The molecule has 2 aliphatic rings. The lowest BCUT2D eigenvalue weighted by molar-refractivity contribution is -0.142. The van der Waals surface area contributed by atoms with E-state index >= 15 is 0 Å². The first-order chi connectivity index (χ1) is 12.7. The third-order valence-electron chi connectivity index (χ3n) is 4.84. The van der Waals surface area contributed by atoms with Crippen LogP contribution in [-0.4, -0.2) is 61.8 Å². The average Bonchev–Trinajstić information content (AvgIpc) is 3.04. The summed E-state index contributed by atoms with van der Waals surface area (Å²) >= 11 is 0. The Morgan fingerprint density at radius 3 is 2.85 bits per heavy atom. The van der Waals surface area contributed by atoms with Gasteiger partial charge >= 0.3 is 12.0 Å². The molecule has 7 heteroatoms. The van der Waals surface area contributed by atoms with E-state index in [1.165, 1.54) is 5.56 Å². The number of benzene rings is 1. The van der Waals surface area contributed by atoms with Gasteiger partial charge in [0.25, 0.3) is 0 Å². The molecule has 142 valence electrons. The minimum Gasteiger partial charge on any atom is -0.466 e. The van der Waals surface area contributed by atoms with E-state index in [1.807, 2.05) is 18.2 Å². The van der Waals surface area contributed by atoms with Crippen LogP contribution in [0.4, 0.5) is 4.79 Å². The third-order valence-corrected chi connectivity index (χ3v) is 4.84. The number of carbonyl (C=O) groups is 2. The third kappa shape index (κ3) is 4.95. The second-order valence-electron chi connectivity index (χ2n) is 6.73. The standard InChI is InChI=1S/C19H27N3O4/c1-2-25-18(23)8-9-20-19(24)21-15-10-16-13-26-17(12-22(16)11-15)14-6-4-3-5-7-14/h3-7,15-17H,2,8-13H2,1H3,(H2,20,21,24)/t15-,16+,17-/m1/s1. The van der Waals surface area contributed by atoms with Gasteiger partial charge in [-0.15, -0.1) is 0 Å². The molecule has 0 radical (unpaired) electrons. The molecule has 2 heterocycles. The lowest BCUT2D eigenvalue weighted by Gasteiger charge is -2.35. The van der Waals surface area contributed by atoms with E-state index in [0.717, 1.165) is 19.5 Å². The predicted molar refractivity (Wildman–Crippen MR) is 96.7 cm³/mol. The van der Waals surface area contributed by atoms with E-state index in [1.54, 1.807) is 6.92 Å². The molecule has 0 spiro atoms. The van der Waals surface area contributed by atoms with E-state index in [2.05, 4.69) is 27.7 Å². The molecule has 0 saturated carbocycles. The van der Waals surface area contributed by atoms with Crippen molar-refractivity contribution in [3.8, 4) is 0 Å². The number of nitrogens with zero attached hydrogens (tertiary/aromatic N) is 1. The van der Waals surface area contributed by atoms with Gasteiger partial charge in [-0.25, -0.2) is 4.79 Å². The number of ether oxygens (including phenoxy) is 2. The molecule has 0 unspecified atom stereocenters. The highest BCUT2D eigenvalue weighted by Gasteiger charge is 2.38. The molecule has 2 fully saturated rings. The highest BCUT2D eigenvalue weighted by molar-refractivity contribution is 5.75. The highest BCUT2D eigenvalue weighted by atomic mass is 16.5. The summed E-state index contributed by atoms with van der Waals surface area (Å²) in [4.78, 5) is 25.7. The molecule has 26 heavy (non-hydrogen) atoms. The summed E-state index contributed by atoms with van der Waals surface area (Å²) in [5.41, 5.74) is 1.19. The van der Waals surface area contributed by atoms with Crippen LogP contribution in [0, 0.1) is 0 Å². The van der Waals surface area contributed by atoms with Gasteiger partial charge in [-0.1, -0.05) is 30.3 Å². The van der Waals surface area contributed by atoms with Gasteiger partial charge in [0.2, 0.25) is 0 Å². The molecule has 1 aromatic carbocycles. The number of esters is 1. The van der Waals surface area contributed by atoms with Crippen LogP contribution in [0.15, 0.2) is 30.3 Å². The monoisotopic (exact) mass is 361 g/mol. The molecule has 3 atom stereocenters. The van der Waals surface area contributed by atoms with Crippen LogP contribution in [-0.2, 0) is 14.3 Å². The van der Waals surface area contributed by atoms with Crippen molar-refractivity contribution < 1.29 is 19.1 Å². The van der Waals surface area contributed by atoms with E-state index in [4.69, 9.17) is 9.47 Å². The molecular weight excluding hydrogens is 334 g/mol. The van der Waals surface area contributed by atoms with Gasteiger partial charge in [0.05, 0.1) is 25.7 Å². The summed E-state index contributed by atoms with van der Waals surface area (Å²) in [6, 6.07) is 10.5. The molecule has 2 aliphatic heterocycles. The lowest BCUT2D eigenvalue weighted by atomic mass is 10.1. The Kier molecular flexibility index (Phi) is 6.46. The van der Waals surface area contributed by atoms with Crippen LogP contribution < -0.4 is 10.6 Å². The lowest BCUT2D eigenvalue weighted by Crippen LogP contribution is -2.45. The fourth-order valence-corrected chi connectivity index (χ4v) is 3.60. The molecule has 0 aromatic heterocycles. The van der Waals surface area contributed by atoms with Gasteiger partial charge in [-0.3, -0.25) is 9.69 Å². The largest absolute Gasteiger partial charge is 0.466 e. The Bertz CT molecular complexity index is 610. The van der Waals surface area contributed by atoms with Crippen molar-refractivity contribution in [2.75, 3.05) is 32.8 Å². The summed E-state index contributed by atoms with van der Waals surface area (Å²) in [6.07, 6.45) is 1.16. The molecule has 2 saturated heterocycles. The highest BCUT2D eigenvalue weighted by Crippen LogP contribution is 2.30. The second kappa shape index (κ2) is 9.00. The van der Waals surface area contributed by atoms with Crippen LogP contribution in [0.5, 0.6) is 0 Å². The zero-order chi connectivity index (χ0) is 18.4. The SMILES string of the molecule is CCOC(=O)CCNC(=O)N[C@@H]1C[C@H]2CO[C@@H](c3ccccc3)CN2C1. The van der Waals surface area contributed by atoms with Crippen molar-refractivity contribution in [1.82, 2.24) is 15.5 Å². The number of carbonyl (C=O) groups excluding carboxylic acids is 2. The van der Waals surface area contributed by atoms with Gasteiger partial charge in [0.15, 0.2) is 0 Å². The van der Waals surface area contributed by atoms with Crippen molar-refractivity contribution >= 4 is 12.0 Å². The van der Waals surface area contributed by atoms with Crippen LogP contribution in [0.3, 0.4) is 0 Å². The maximum absolute atomic E-state index is 12.0. The molecule has 2 N–H and O–H groups in total. The first kappa shape index (κ1) is 18.7. The number of hydrogen-bond donors (Lipinski definition) is 2. The number of amides is 2. The first-order valence-electron chi connectivity index (χ1n) is 9.26. The number of fused-ring (bicyclic) bond motifs is 1. The van der Waals surface area contributed by atoms with E-state index in [0.29, 0.717) is 19.3 Å². The van der Waals surface area contributed by atoms with Crippen molar-refractivity contribution in [3.63, 3.8) is 0 Å². The minimum absolute atomic E-state index is 0.0876. The number of rotatable bonds is 6. The molecule has 3 rings (SSSR count). The number of nitrogens with one attached hydrogen (secondary N) is 2. The average molecular weight is 361 g/mol.